The molecule has 0 bridgehead atoms. The molecule has 0 fully saturated rings. The van der Waals surface area contributed by atoms with Gasteiger partial charge in [0, 0.05) is 16.0 Å². The molecule has 0 spiro atoms. The van der Waals surface area contributed by atoms with Gasteiger partial charge in [-0.1, -0.05) is 24.3 Å². The predicted octanol–water partition coefficient (Wildman–Crippen LogP) is 3.88. The fraction of sp³-hybridized carbons (Fsp3) is 0.412. The van der Waals surface area contributed by atoms with Crippen LogP contribution in [0.4, 0.5) is 0 Å². The third-order valence-electron chi connectivity index (χ3n) is 3.10. The van der Waals surface area contributed by atoms with E-state index in [0.717, 1.165) is 21.1 Å². The maximum absolute atomic E-state index is 12.1. The van der Waals surface area contributed by atoms with Crippen LogP contribution in [0.2, 0.25) is 0 Å². The molecule has 3 nitrogen and oxygen atoms in total. The van der Waals surface area contributed by atoms with Gasteiger partial charge in [0.25, 0.3) is 0 Å². The lowest BCUT2D eigenvalue weighted by Crippen LogP contribution is -2.41. The lowest BCUT2D eigenvalue weighted by Gasteiger charge is -2.20. The zero-order valence-electron chi connectivity index (χ0n) is 13.3. The molecule has 1 aromatic heterocycles. The summed E-state index contributed by atoms with van der Waals surface area (Å²) >= 11 is 1.61. The number of hydrogen-bond acceptors (Lipinski definition) is 3. The van der Waals surface area contributed by atoms with Crippen molar-refractivity contribution in [3.8, 4) is 10.6 Å². The molecule has 21 heavy (non-hydrogen) atoms. The lowest BCUT2D eigenvalue weighted by molar-refractivity contribution is -0.121. The topological polar surface area (TPSA) is 42.0 Å². The summed E-state index contributed by atoms with van der Waals surface area (Å²) in [6, 6.07) is 8.20. The van der Waals surface area contributed by atoms with E-state index in [1.54, 1.807) is 11.3 Å². The van der Waals surface area contributed by atoms with Crippen molar-refractivity contribution >= 4 is 17.2 Å². The summed E-state index contributed by atoms with van der Waals surface area (Å²) < 4.78 is 0. The minimum Gasteiger partial charge on any atom is -0.351 e. The first kappa shape index (κ1) is 15.7. The van der Waals surface area contributed by atoms with Crippen LogP contribution < -0.4 is 5.32 Å². The zero-order chi connectivity index (χ0) is 15.6. The minimum atomic E-state index is -0.200. The Morgan fingerprint density at radius 2 is 1.90 bits per heavy atom. The molecular formula is C17H22N2OS. The Kier molecular flexibility index (Phi) is 4.47. The molecule has 4 heteroatoms. The van der Waals surface area contributed by atoms with E-state index in [9.17, 15) is 4.79 Å². The molecule has 0 radical (unpaired) electrons. The summed E-state index contributed by atoms with van der Waals surface area (Å²) in [7, 11) is 0. The Balaban J connectivity index is 2.21. The molecule has 0 saturated heterocycles. The van der Waals surface area contributed by atoms with Crippen molar-refractivity contribution in [1.82, 2.24) is 10.3 Å². The minimum absolute atomic E-state index is 0.0468. The highest BCUT2D eigenvalue weighted by Crippen LogP contribution is 2.30. The van der Waals surface area contributed by atoms with E-state index in [2.05, 4.69) is 29.4 Å². The maximum atomic E-state index is 12.1. The smallest absolute Gasteiger partial charge is 0.225 e. The molecule has 112 valence electrons. The predicted molar refractivity (Wildman–Crippen MR) is 88.6 cm³/mol. The van der Waals surface area contributed by atoms with Gasteiger partial charge in [-0.15, -0.1) is 11.3 Å². The van der Waals surface area contributed by atoms with E-state index in [1.165, 1.54) is 5.56 Å². The van der Waals surface area contributed by atoms with Gasteiger partial charge in [-0.2, -0.15) is 0 Å². The molecule has 0 saturated carbocycles. The van der Waals surface area contributed by atoms with Gasteiger partial charge in [0.05, 0.1) is 12.1 Å². The molecule has 0 aliphatic carbocycles. The van der Waals surface area contributed by atoms with E-state index < -0.39 is 0 Å². The van der Waals surface area contributed by atoms with Gasteiger partial charge < -0.3 is 5.32 Å². The standard InChI is InChI=1S/C17H22N2OS/c1-11-8-6-7-9-13(11)16-18-12(2)14(21-16)10-15(20)19-17(3,4)5/h6-9H,10H2,1-5H3,(H,19,20). The summed E-state index contributed by atoms with van der Waals surface area (Å²) in [5.74, 6) is 0.0468. The number of carbonyl (C=O) groups excluding carboxylic acids is 1. The van der Waals surface area contributed by atoms with Crippen LogP contribution in [0.1, 0.15) is 36.9 Å². The van der Waals surface area contributed by atoms with E-state index in [1.807, 2.05) is 39.8 Å². The molecule has 1 amide bonds. The highest BCUT2D eigenvalue weighted by molar-refractivity contribution is 7.15. The number of thiazole rings is 1. The molecular weight excluding hydrogens is 280 g/mol. The van der Waals surface area contributed by atoms with Crippen LogP contribution in [0.15, 0.2) is 24.3 Å². The second-order valence-corrected chi connectivity index (χ2v) is 7.40. The van der Waals surface area contributed by atoms with Gasteiger partial charge in [-0.05, 0) is 40.2 Å². The van der Waals surface area contributed by atoms with Gasteiger partial charge in [-0.25, -0.2) is 4.98 Å². The van der Waals surface area contributed by atoms with Crippen molar-refractivity contribution in [1.29, 1.82) is 0 Å². The second-order valence-electron chi connectivity index (χ2n) is 6.32. The normalized spacial score (nSPS) is 11.5. The summed E-state index contributed by atoms with van der Waals surface area (Å²) in [5.41, 5.74) is 3.10. The van der Waals surface area contributed by atoms with Crippen LogP contribution in [-0.2, 0) is 11.2 Å². The van der Waals surface area contributed by atoms with Crippen molar-refractivity contribution in [2.45, 2.75) is 46.6 Å². The molecule has 1 N–H and O–H groups in total. The van der Waals surface area contributed by atoms with Crippen molar-refractivity contribution < 1.29 is 4.79 Å². The molecule has 1 heterocycles. The van der Waals surface area contributed by atoms with Gasteiger partial charge in [0.2, 0.25) is 5.91 Å². The zero-order valence-corrected chi connectivity index (χ0v) is 14.1. The number of amides is 1. The van der Waals surface area contributed by atoms with Gasteiger partial charge in [0.15, 0.2) is 0 Å². The second kappa shape index (κ2) is 5.98. The first-order chi connectivity index (χ1) is 9.76. The Morgan fingerprint density at radius 3 is 2.52 bits per heavy atom. The number of aryl methyl sites for hydroxylation is 2. The first-order valence-electron chi connectivity index (χ1n) is 7.09. The van der Waals surface area contributed by atoms with Crippen molar-refractivity contribution in [3.05, 3.63) is 40.4 Å². The highest BCUT2D eigenvalue weighted by Gasteiger charge is 2.17. The number of carbonyl (C=O) groups is 1. The first-order valence-corrected chi connectivity index (χ1v) is 7.91. The highest BCUT2D eigenvalue weighted by atomic mass is 32.1. The molecule has 0 atom stereocenters. The van der Waals surface area contributed by atoms with Crippen molar-refractivity contribution in [2.75, 3.05) is 0 Å². The Hall–Kier alpha value is -1.68. The number of rotatable bonds is 3. The maximum Gasteiger partial charge on any atom is 0.225 e. The third-order valence-corrected chi connectivity index (χ3v) is 4.29. The van der Waals surface area contributed by atoms with Gasteiger partial charge >= 0.3 is 0 Å². The van der Waals surface area contributed by atoms with Crippen LogP contribution in [0.3, 0.4) is 0 Å². The van der Waals surface area contributed by atoms with E-state index >= 15 is 0 Å². The summed E-state index contributed by atoms with van der Waals surface area (Å²) in [6.45, 7) is 10.0. The monoisotopic (exact) mass is 302 g/mol. The summed E-state index contributed by atoms with van der Waals surface area (Å²) in [5, 5.41) is 3.99. The summed E-state index contributed by atoms with van der Waals surface area (Å²) in [6.07, 6.45) is 0.395. The van der Waals surface area contributed by atoms with Crippen molar-refractivity contribution in [3.63, 3.8) is 0 Å². The van der Waals surface area contributed by atoms with Crippen LogP contribution in [0.5, 0.6) is 0 Å². The van der Waals surface area contributed by atoms with Gasteiger partial charge in [0.1, 0.15) is 5.01 Å². The van der Waals surface area contributed by atoms with Gasteiger partial charge in [-0.3, -0.25) is 4.79 Å². The average molecular weight is 302 g/mol. The van der Waals surface area contributed by atoms with E-state index in [4.69, 9.17) is 0 Å². The van der Waals surface area contributed by atoms with Crippen LogP contribution in [0.25, 0.3) is 10.6 Å². The largest absolute Gasteiger partial charge is 0.351 e. The van der Waals surface area contributed by atoms with E-state index in [-0.39, 0.29) is 11.4 Å². The van der Waals surface area contributed by atoms with Crippen LogP contribution in [0, 0.1) is 13.8 Å². The fourth-order valence-corrected chi connectivity index (χ4v) is 3.28. The fourth-order valence-electron chi connectivity index (χ4n) is 2.13. The third kappa shape index (κ3) is 4.14. The molecule has 2 rings (SSSR count). The molecule has 0 aliphatic heterocycles. The number of aromatic nitrogens is 1. The molecule has 0 unspecified atom stereocenters. The molecule has 2 aromatic rings. The number of nitrogens with one attached hydrogen (secondary N) is 1. The van der Waals surface area contributed by atoms with Crippen molar-refractivity contribution in [2.24, 2.45) is 0 Å². The Morgan fingerprint density at radius 1 is 1.24 bits per heavy atom. The number of benzene rings is 1. The average Bonchev–Trinajstić information content (AvgIpc) is 2.68. The number of hydrogen-bond donors (Lipinski definition) is 1. The quantitative estimate of drug-likeness (QED) is 0.934. The number of nitrogens with zero attached hydrogens (tertiary/aromatic N) is 1. The van der Waals surface area contributed by atoms with Crippen LogP contribution in [-0.4, -0.2) is 16.4 Å². The molecule has 0 aliphatic rings. The SMILES string of the molecule is Cc1ccccc1-c1nc(C)c(CC(=O)NC(C)(C)C)s1. The Bertz CT molecular complexity index is 653. The molecule has 1 aromatic carbocycles. The summed E-state index contributed by atoms with van der Waals surface area (Å²) in [4.78, 5) is 17.7. The van der Waals surface area contributed by atoms with Crippen LogP contribution >= 0.6 is 11.3 Å². The van der Waals surface area contributed by atoms with E-state index in [0.29, 0.717) is 6.42 Å². The Labute approximate surface area is 130 Å². The lowest BCUT2D eigenvalue weighted by atomic mass is 10.1.